The molecule has 0 bridgehead atoms. The summed E-state index contributed by atoms with van der Waals surface area (Å²) in [7, 11) is 1.68. The van der Waals surface area contributed by atoms with Gasteiger partial charge in [-0.25, -0.2) is 4.98 Å². The Morgan fingerprint density at radius 1 is 1.19 bits per heavy atom. The number of rotatable bonds is 7. The number of aliphatic hydroxyl groups excluding tert-OH is 1. The van der Waals surface area contributed by atoms with Crippen molar-refractivity contribution >= 4 is 28.8 Å². The van der Waals surface area contributed by atoms with E-state index in [0.29, 0.717) is 17.2 Å². The molecule has 2 heterocycles. The van der Waals surface area contributed by atoms with Gasteiger partial charge in [0.05, 0.1) is 17.1 Å². The molecule has 0 radical (unpaired) electrons. The number of nitrogens with one attached hydrogen (secondary N) is 4. The van der Waals surface area contributed by atoms with Crippen LogP contribution < -0.4 is 16.0 Å². The Morgan fingerprint density at radius 2 is 1.97 bits per heavy atom. The summed E-state index contributed by atoms with van der Waals surface area (Å²) in [4.78, 5) is 31.5. The van der Waals surface area contributed by atoms with Crippen molar-refractivity contribution in [2.45, 2.75) is 51.3 Å². The Kier molecular flexibility index (Phi) is 6.57. The highest BCUT2D eigenvalue weighted by atomic mass is 16.4. The smallest absolute Gasteiger partial charge is 0.287 e. The monoisotopic (exact) mass is 439 g/mol. The highest BCUT2D eigenvalue weighted by Gasteiger charge is 2.31. The van der Waals surface area contributed by atoms with E-state index in [-0.39, 0.29) is 29.5 Å². The van der Waals surface area contributed by atoms with Crippen molar-refractivity contribution in [3.8, 4) is 11.3 Å². The number of likely N-dealkylation sites (N-methyl/N-ethyl adjacent to an activating group) is 1. The van der Waals surface area contributed by atoms with Gasteiger partial charge in [0.1, 0.15) is 12.0 Å². The lowest BCUT2D eigenvalue weighted by atomic mass is 9.83. The average Bonchev–Trinajstić information content (AvgIpc) is 3.43. The number of aromatic nitrogens is 2. The van der Waals surface area contributed by atoms with E-state index in [1.807, 2.05) is 18.2 Å². The molecular weight excluding hydrogens is 410 g/mol. The summed E-state index contributed by atoms with van der Waals surface area (Å²) >= 11 is 0. The van der Waals surface area contributed by atoms with E-state index in [0.717, 1.165) is 36.8 Å². The van der Waals surface area contributed by atoms with E-state index >= 15 is 0 Å². The van der Waals surface area contributed by atoms with Crippen molar-refractivity contribution in [2.24, 2.45) is 5.92 Å². The van der Waals surface area contributed by atoms with E-state index in [9.17, 15) is 14.7 Å². The van der Waals surface area contributed by atoms with Crippen molar-refractivity contribution < 1.29 is 19.1 Å². The van der Waals surface area contributed by atoms with Gasteiger partial charge in [-0.3, -0.25) is 20.2 Å². The molecule has 1 saturated carbocycles. The summed E-state index contributed by atoms with van der Waals surface area (Å²) in [5.74, 6) is 0.771. The maximum absolute atomic E-state index is 12.9. The number of H-pyrrole nitrogens is 1. The molecule has 4 rings (SSSR count). The van der Waals surface area contributed by atoms with Gasteiger partial charge in [0.15, 0.2) is 5.76 Å². The third-order valence-corrected chi connectivity index (χ3v) is 5.98. The zero-order chi connectivity index (χ0) is 22.7. The van der Waals surface area contributed by atoms with Gasteiger partial charge in [-0.05, 0) is 56.1 Å². The van der Waals surface area contributed by atoms with Crippen molar-refractivity contribution in [2.75, 3.05) is 12.4 Å². The van der Waals surface area contributed by atoms with Crippen molar-refractivity contribution in [3.63, 3.8) is 0 Å². The summed E-state index contributed by atoms with van der Waals surface area (Å²) in [6, 6.07) is 8.51. The van der Waals surface area contributed by atoms with Gasteiger partial charge in [0.25, 0.3) is 5.91 Å². The fourth-order valence-corrected chi connectivity index (χ4v) is 4.35. The molecular formula is C23H29N5O4. The molecule has 0 aliphatic heterocycles. The van der Waals surface area contributed by atoms with Crippen LogP contribution >= 0.6 is 0 Å². The molecule has 1 aliphatic rings. The van der Waals surface area contributed by atoms with E-state index in [1.165, 1.54) is 13.3 Å². The van der Waals surface area contributed by atoms with Gasteiger partial charge in [-0.1, -0.05) is 19.3 Å². The molecule has 2 amide bonds. The fraction of sp³-hybridized carbons (Fsp3) is 0.435. The molecule has 2 atom stereocenters. The van der Waals surface area contributed by atoms with Gasteiger partial charge in [-0.15, -0.1) is 0 Å². The topological polar surface area (TPSA) is 132 Å². The third kappa shape index (κ3) is 4.84. The van der Waals surface area contributed by atoms with Crippen molar-refractivity contribution in [1.82, 2.24) is 20.6 Å². The molecule has 32 heavy (non-hydrogen) atoms. The average molecular weight is 440 g/mol. The lowest BCUT2D eigenvalue weighted by Crippen LogP contribution is -2.53. The molecule has 1 unspecified atom stereocenters. The first-order valence-corrected chi connectivity index (χ1v) is 11.0. The van der Waals surface area contributed by atoms with Crippen LogP contribution in [-0.2, 0) is 4.79 Å². The Bertz CT molecular complexity index is 1100. The van der Waals surface area contributed by atoms with Crippen LogP contribution in [0.4, 0.5) is 5.95 Å². The summed E-state index contributed by atoms with van der Waals surface area (Å²) < 4.78 is 5.84. The number of benzene rings is 1. The van der Waals surface area contributed by atoms with Crippen LogP contribution in [0.2, 0.25) is 0 Å². The molecule has 1 aliphatic carbocycles. The number of furan rings is 1. The van der Waals surface area contributed by atoms with Crippen LogP contribution in [0.5, 0.6) is 0 Å². The second-order valence-electron chi connectivity index (χ2n) is 8.29. The van der Waals surface area contributed by atoms with E-state index in [4.69, 9.17) is 4.42 Å². The predicted molar refractivity (Wildman–Crippen MR) is 121 cm³/mol. The first-order chi connectivity index (χ1) is 15.4. The summed E-state index contributed by atoms with van der Waals surface area (Å²) in [5, 5.41) is 18.9. The molecule has 9 heteroatoms. The number of carbonyl (C=O) groups excluding carboxylic acids is 2. The Labute approximate surface area is 186 Å². The third-order valence-electron chi connectivity index (χ3n) is 5.98. The summed E-state index contributed by atoms with van der Waals surface area (Å²) in [6.07, 6.45) is 4.56. The van der Waals surface area contributed by atoms with Gasteiger partial charge in [-0.2, -0.15) is 0 Å². The molecule has 0 spiro atoms. The van der Waals surface area contributed by atoms with Gasteiger partial charge in [0, 0.05) is 12.5 Å². The first-order valence-electron chi connectivity index (χ1n) is 11.0. The number of anilines is 1. The van der Waals surface area contributed by atoms with Gasteiger partial charge >= 0.3 is 0 Å². The minimum atomic E-state index is -0.822. The SMILES string of the molecule is CNC(O)[C@@H](NC(=O)c1ccc(-c2ccc3nc(NC(C)=O)[nH]c3c2)o1)C1CCCCC1. The largest absolute Gasteiger partial charge is 0.451 e. The van der Waals surface area contributed by atoms with Crippen LogP contribution in [0.1, 0.15) is 49.6 Å². The van der Waals surface area contributed by atoms with Crippen molar-refractivity contribution in [3.05, 3.63) is 36.1 Å². The number of fused-ring (bicyclic) bond motifs is 1. The Hall–Kier alpha value is -3.17. The first kappa shape index (κ1) is 22.0. The normalized spacial score (nSPS) is 16.6. The number of hydrogen-bond donors (Lipinski definition) is 5. The van der Waals surface area contributed by atoms with Gasteiger partial charge in [0.2, 0.25) is 11.9 Å². The van der Waals surface area contributed by atoms with Crippen LogP contribution in [-0.4, -0.2) is 46.2 Å². The molecule has 1 aromatic carbocycles. The molecule has 5 N–H and O–H groups in total. The van der Waals surface area contributed by atoms with Crippen LogP contribution in [0, 0.1) is 5.92 Å². The second kappa shape index (κ2) is 9.54. The molecule has 2 aromatic heterocycles. The molecule has 9 nitrogen and oxygen atoms in total. The van der Waals surface area contributed by atoms with Gasteiger partial charge < -0.3 is 19.8 Å². The second-order valence-corrected chi connectivity index (χ2v) is 8.29. The minimum Gasteiger partial charge on any atom is -0.451 e. The number of hydrogen-bond acceptors (Lipinski definition) is 6. The maximum atomic E-state index is 12.9. The summed E-state index contributed by atoms with van der Waals surface area (Å²) in [5.41, 5.74) is 2.22. The standard InChI is InChI=1S/C23H29N5O4/c1-13(29)25-23-26-16-9-8-15(12-17(16)27-23)18-10-11-19(32-18)21(30)28-20(22(31)24-2)14-6-4-3-5-7-14/h8-12,14,20,22,24,31H,3-7H2,1-2H3,(H,28,30)(H2,25,26,27,29)/t20-,22?/m0/s1. The number of nitrogens with zero attached hydrogens (tertiary/aromatic N) is 1. The minimum absolute atomic E-state index is 0.188. The highest BCUT2D eigenvalue weighted by molar-refractivity contribution is 5.93. The number of imidazole rings is 1. The fourth-order valence-electron chi connectivity index (χ4n) is 4.35. The maximum Gasteiger partial charge on any atom is 0.287 e. The number of carbonyl (C=O) groups is 2. The molecule has 1 fully saturated rings. The van der Waals surface area contributed by atoms with E-state index in [1.54, 1.807) is 19.2 Å². The Morgan fingerprint density at radius 3 is 2.69 bits per heavy atom. The van der Waals surface area contributed by atoms with E-state index in [2.05, 4.69) is 25.9 Å². The van der Waals surface area contributed by atoms with Crippen molar-refractivity contribution in [1.29, 1.82) is 0 Å². The molecule has 0 saturated heterocycles. The highest BCUT2D eigenvalue weighted by Crippen LogP contribution is 2.29. The number of aliphatic hydroxyl groups is 1. The van der Waals surface area contributed by atoms with Crippen LogP contribution in [0.25, 0.3) is 22.4 Å². The predicted octanol–water partition coefficient (Wildman–Crippen LogP) is 3.00. The van der Waals surface area contributed by atoms with Crippen LogP contribution in [0.3, 0.4) is 0 Å². The number of amides is 2. The lowest BCUT2D eigenvalue weighted by molar-refractivity contribution is -0.114. The number of aromatic amines is 1. The zero-order valence-corrected chi connectivity index (χ0v) is 18.3. The van der Waals surface area contributed by atoms with E-state index < -0.39 is 6.23 Å². The van der Waals surface area contributed by atoms with Crippen LogP contribution in [0.15, 0.2) is 34.7 Å². The molecule has 170 valence electrons. The lowest BCUT2D eigenvalue weighted by Gasteiger charge is -2.33. The Balaban J connectivity index is 1.50. The zero-order valence-electron chi connectivity index (χ0n) is 18.3. The summed E-state index contributed by atoms with van der Waals surface area (Å²) in [6.45, 7) is 1.42. The quantitative estimate of drug-likeness (QED) is 0.360. The molecule has 3 aromatic rings.